The molecule has 0 radical (unpaired) electrons. The third kappa shape index (κ3) is 4.29. The van der Waals surface area contributed by atoms with Gasteiger partial charge in [0.05, 0.1) is 0 Å². The highest BCUT2D eigenvalue weighted by Gasteiger charge is 2.36. The lowest BCUT2D eigenvalue weighted by Crippen LogP contribution is -2.30. The Morgan fingerprint density at radius 3 is 2.56 bits per heavy atom. The maximum atomic E-state index is 11.8. The lowest BCUT2D eigenvalue weighted by molar-refractivity contribution is -0.175. The van der Waals surface area contributed by atoms with Crippen molar-refractivity contribution in [2.24, 2.45) is 17.1 Å². The van der Waals surface area contributed by atoms with Gasteiger partial charge in [0.1, 0.15) is 6.61 Å². The summed E-state index contributed by atoms with van der Waals surface area (Å²) in [5.74, 6) is 0.631. The van der Waals surface area contributed by atoms with Gasteiger partial charge < -0.3 is 10.5 Å². The number of ether oxygens (including phenoxy) is 1. The van der Waals surface area contributed by atoms with Crippen molar-refractivity contribution in [1.82, 2.24) is 0 Å². The monoisotopic (exact) mass is 239 g/mol. The van der Waals surface area contributed by atoms with E-state index < -0.39 is 12.8 Å². The second-order valence-electron chi connectivity index (χ2n) is 4.97. The van der Waals surface area contributed by atoms with Crippen LogP contribution in [0.4, 0.5) is 13.2 Å². The fourth-order valence-corrected chi connectivity index (χ4v) is 2.49. The number of nitrogens with two attached hydrogens (primary N) is 1. The maximum Gasteiger partial charge on any atom is 0.411 e. The van der Waals surface area contributed by atoms with Gasteiger partial charge in [-0.1, -0.05) is 13.3 Å². The summed E-state index contributed by atoms with van der Waals surface area (Å²) >= 11 is 0. The Hall–Kier alpha value is -0.290. The SMILES string of the molecule is CC1CCC(CN)(CCOCC(F)(F)F)C1. The maximum absolute atomic E-state index is 11.8. The average Bonchev–Trinajstić information content (AvgIpc) is 2.55. The van der Waals surface area contributed by atoms with E-state index in [1.165, 1.54) is 0 Å². The summed E-state index contributed by atoms with van der Waals surface area (Å²) in [6, 6.07) is 0. The molecule has 0 aliphatic heterocycles. The summed E-state index contributed by atoms with van der Waals surface area (Å²) < 4.78 is 40.2. The quantitative estimate of drug-likeness (QED) is 0.749. The van der Waals surface area contributed by atoms with Crippen molar-refractivity contribution in [1.29, 1.82) is 0 Å². The van der Waals surface area contributed by atoms with Gasteiger partial charge in [-0.05, 0) is 37.1 Å². The van der Waals surface area contributed by atoms with Gasteiger partial charge in [0, 0.05) is 6.61 Å². The van der Waals surface area contributed by atoms with Crippen LogP contribution in [0.2, 0.25) is 0 Å². The summed E-state index contributed by atoms with van der Waals surface area (Å²) in [7, 11) is 0. The van der Waals surface area contributed by atoms with E-state index in [0.29, 0.717) is 18.9 Å². The number of hydrogen-bond acceptors (Lipinski definition) is 2. The van der Waals surface area contributed by atoms with Crippen LogP contribution >= 0.6 is 0 Å². The van der Waals surface area contributed by atoms with E-state index in [-0.39, 0.29) is 12.0 Å². The molecule has 0 heterocycles. The molecule has 0 aromatic rings. The van der Waals surface area contributed by atoms with Crippen molar-refractivity contribution in [3.05, 3.63) is 0 Å². The van der Waals surface area contributed by atoms with Crippen LogP contribution in [0.15, 0.2) is 0 Å². The van der Waals surface area contributed by atoms with Crippen molar-refractivity contribution in [3.63, 3.8) is 0 Å². The zero-order chi connectivity index (χ0) is 12.2. The molecule has 1 saturated carbocycles. The van der Waals surface area contributed by atoms with Crippen LogP contribution in [0.5, 0.6) is 0 Å². The molecule has 0 aromatic carbocycles. The summed E-state index contributed by atoms with van der Waals surface area (Å²) in [5, 5.41) is 0. The van der Waals surface area contributed by atoms with Gasteiger partial charge in [-0.25, -0.2) is 0 Å². The molecule has 0 spiro atoms. The van der Waals surface area contributed by atoms with E-state index in [9.17, 15) is 13.2 Å². The smallest absolute Gasteiger partial charge is 0.372 e. The molecule has 0 saturated heterocycles. The molecule has 0 amide bonds. The summed E-state index contributed by atoms with van der Waals surface area (Å²) in [6.07, 6.45) is -0.432. The molecular formula is C11H20F3NO. The molecule has 1 aliphatic rings. The molecule has 2 atom stereocenters. The van der Waals surface area contributed by atoms with E-state index >= 15 is 0 Å². The zero-order valence-corrected chi connectivity index (χ0v) is 9.65. The number of hydrogen-bond donors (Lipinski definition) is 1. The highest BCUT2D eigenvalue weighted by atomic mass is 19.4. The Morgan fingerprint density at radius 1 is 1.44 bits per heavy atom. The highest BCUT2D eigenvalue weighted by Crippen LogP contribution is 2.43. The predicted octanol–water partition coefficient (Wildman–Crippen LogP) is 2.72. The van der Waals surface area contributed by atoms with Crippen LogP contribution in [0.1, 0.15) is 32.6 Å². The van der Waals surface area contributed by atoms with Gasteiger partial charge in [-0.3, -0.25) is 0 Å². The van der Waals surface area contributed by atoms with Gasteiger partial charge in [-0.15, -0.1) is 0 Å². The normalized spacial score (nSPS) is 30.9. The summed E-state index contributed by atoms with van der Waals surface area (Å²) in [5.41, 5.74) is 5.74. The first kappa shape index (κ1) is 13.8. The second-order valence-corrected chi connectivity index (χ2v) is 4.97. The van der Waals surface area contributed by atoms with Crippen molar-refractivity contribution in [3.8, 4) is 0 Å². The van der Waals surface area contributed by atoms with E-state index in [2.05, 4.69) is 11.7 Å². The minimum atomic E-state index is -4.22. The molecular weight excluding hydrogens is 219 g/mol. The standard InChI is InChI=1S/C11H20F3NO/c1-9-2-3-10(6-9,7-15)4-5-16-8-11(12,13)14/h9H,2-8,15H2,1H3. The fraction of sp³-hybridized carbons (Fsp3) is 1.00. The first-order valence-electron chi connectivity index (χ1n) is 5.71. The first-order valence-corrected chi connectivity index (χ1v) is 5.71. The van der Waals surface area contributed by atoms with Crippen LogP contribution in [-0.2, 0) is 4.74 Å². The Balaban J connectivity index is 2.25. The fourth-order valence-electron chi connectivity index (χ4n) is 2.49. The molecule has 2 unspecified atom stereocenters. The van der Waals surface area contributed by atoms with Crippen LogP contribution in [0.25, 0.3) is 0 Å². The molecule has 2 N–H and O–H groups in total. The third-order valence-corrected chi connectivity index (χ3v) is 3.42. The van der Waals surface area contributed by atoms with E-state index in [1.807, 2.05) is 0 Å². The molecule has 1 fully saturated rings. The summed E-state index contributed by atoms with van der Waals surface area (Å²) in [6.45, 7) is 1.72. The highest BCUT2D eigenvalue weighted by molar-refractivity contribution is 4.88. The molecule has 16 heavy (non-hydrogen) atoms. The van der Waals surface area contributed by atoms with Crippen LogP contribution in [0, 0.1) is 11.3 Å². The molecule has 96 valence electrons. The zero-order valence-electron chi connectivity index (χ0n) is 9.65. The molecule has 1 aliphatic carbocycles. The topological polar surface area (TPSA) is 35.2 Å². The second kappa shape index (κ2) is 5.36. The van der Waals surface area contributed by atoms with Gasteiger partial charge in [0.15, 0.2) is 0 Å². The Kier molecular flexibility index (Phi) is 4.62. The number of rotatable bonds is 5. The van der Waals surface area contributed by atoms with E-state index in [1.54, 1.807) is 0 Å². The van der Waals surface area contributed by atoms with Crippen LogP contribution in [-0.4, -0.2) is 25.9 Å². The Morgan fingerprint density at radius 2 is 2.12 bits per heavy atom. The molecule has 5 heteroatoms. The van der Waals surface area contributed by atoms with Crippen molar-refractivity contribution < 1.29 is 17.9 Å². The predicted molar refractivity (Wildman–Crippen MR) is 56.0 cm³/mol. The number of halogens is 3. The van der Waals surface area contributed by atoms with Crippen LogP contribution in [0.3, 0.4) is 0 Å². The first-order chi connectivity index (χ1) is 7.37. The number of alkyl halides is 3. The van der Waals surface area contributed by atoms with Crippen LogP contribution < -0.4 is 5.73 Å². The lowest BCUT2D eigenvalue weighted by atomic mass is 9.82. The lowest BCUT2D eigenvalue weighted by Gasteiger charge is -2.27. The van der Waals surface area contributed by atoms with Gasteiger partial charge >= 0.3 is 6.18 Å². The Bertz CT molecular complexity index is 220. The van der Waals surface area contributed by atoms with Crippen molar-refractivity contribution in [2.45, 2.75) is 38.8 Å². The van der Waals surface area contributed by atoms with Crippen molar-refractivity contribution >= 4 is 0 Å². The van der Waals surface area contributed by atoms with Crippen molar-refractivity contribution in [2.75, 3.05) is 19.8 Å². The Labute approximate surface area is 94.3 Å². The third-order valence-electron chi connectivity index (χ3n) is 3.42. The largest absolute Gasteiger partial charge is 0.411 e. The van der Waals surface area contributed by atoms with Gasteiger partial charge in [-0.2, -0.15) is 13.2 Å². The molecule has 1 rings (SSSR count). The molecule has 2 nitrogen and oxygen atoms in total. The van der Waals surface area contributed by atoms with Gasteiger partial charge in [0.25, 0.3) is 0 Å². The molecule has 0 bridgehead atoms. The van der Waals surface area contributed by atoms with E-state index in [0.717, 1.165) is 19.3 Å². The minimum Gasteiger partial charge on any atom is -0.372 e. The van der Waals surface area contributed by atoms with E-state index in [4.69, 9.17) is 5.73 Å². The minimum absolute atomic E-state index is 0.0189. The van der Waals surface area contributed by atoms with Gasteiger partial charge in [0.2, 0.25) is 0 Å². The summed E-state index contributed by atoms with van der Waals surface area (Å²) in [4.78, 5) is 0. The molecule has 0 aromatic heterocycles. The average molecular weight is 239 g/mol.